The van der Waals surface area contributed by atoms with Crippen LogP contribution in [0.2, 0.25) is 0 Å². The summed E-state index contributed by atoms with van der Waals surface area (Å²) in [5.41, 5.74) is 2.42. The van der Waals surface area contributed by atoms with E-state index in [2.05, 4.69) is 15.3 Å². The average Bonchev–Trinajstić information content (AvgIpc) is 3.12. The number of carbonyl (C=O) groups excluding carboxylic acids is 1. The third kappa shape index (κ3) is 3.25. The monoisotopic (exact) mass is 359 g/mol. The number of aromatic nitrogens is 2. The van der Waals surface area contributed by atoms with E-state index in [-0.39, 0.29) is 11.3 Å². The number of carboxylic acid groups (broad SMARTS) is 1. The number of nitrogens with one attached hydrogen (secondary N) is 1. The molecule has 7 heteroatoms. The lowest BCUT2D eigenvalue weighted by atomic mass is 10.1. The number of carboxylic acids is 1. The van der Waals surface area contributed by atoms with Crippen LogP contribution in [0, 0.1) is 0 Å². The third-order valence-corrected chi connectivity index (χ3v) is 3.94. The van der Waals surface area contributed by atoms with E-state index in [1.807, 2.05) is 24.3 Å². The van der Waals surface area contributed by atoms with E-state index >= 15 is 0 Å². The summed E-state index contributed by atoms with van der Waals surface area (Å²) in [6.45, 7) is 0. The normalized spacial score (nSPS) is 10.7. The molecule has 0 radical (unpaired) electrons. The molecular weight excluding hydrogens is 346 g/mol. The second-order valence-electron chi connectivity index (χ2n) is 5.72. The molecule has 7 nitrogen and oxygen atoms in total. The van der Waals surface area contributed by atoms with Crippen LogP contribution < -0.4 is 5.32 Å². The molecule has 2 N–H and O–H groups in total. The largest absolute Gasteiger partial charge is 0.478 e. The Morgan fingerprint density at radius 2 is 1.74 bits per heavy atom. The van der Waals surface area contributed by atoms with Gasteiger partial charge in [0.1, 0.15) is 11.2 Å². The summed E-state index contributed by atoms with van der Waals surface area (Å²) in [5.74, 6) is -1.32. The zero-order valence-electron chi connectivity index (χ0n) is 13.9. The van der Waals surface area contributed by atoms with Gasteiger partial charge in [0.25, 0.3) is 5.91 Å². The molecule has 0 atom stereocenters. The van der Waals surface area contributed by atoms with Crippen LogP contribution in [0.4, 0.5) is 5.69 Å². The molecule has 132 valence electrons. The van der Waals surface area contributed by atoms with Crippen LogP contribution in [0.25, 0.3) is 22.6 Å². The summed E-state index contributed by atoms with van der Waals surface area (Å²) in [5, 5.41) is 11.8. The standard InChI is InChI=1S/C20H13N3O4/c24-18(17-14(20(25)26)4-3-11-21-17)22-13-9-7-12(8-10-13)19-23-15-5-1-2-6-16(15)27-19/h1-11H,(H,22,24)(H,25,26). The molecule has 0 saturated carbocycles. The van der Waals surface area contributed by atoms with Crippen molar-refractivity contribution in [3.05, 3.63) is 78.1 Å². The first-order chi connectivity index (χ1) is 13.1. The molecule has 2 aromatic carbocycles. The first kappa shape index (κ1) is 16.5. The summed E-state index contributed by atoms with van der Waals surface area (Å²) >= 11 is 0. The SMILES string of the molecule is O=C(O)c1cccnc1C(=O)Nc1ccc(-c2nc3ccccc3o2)cc1. The summed E-state index contributed by atoms with van der Waals surface area (Å²) in [6, 6.07) is 17.2. The number of aromatic carboxylic acids is 1. The van der Waals surface area contributed by atoms with Crippen molar-refractivity contribution in [2.45, 2.75) is 0 Å². The second kappa shape index (κ2) is 6.72. The van der Waals surface area contributed by atoms with Gasteiger partial charge >= 0.3 is 5.97 Å². The minimum atomic E-state index is -1.21. The van der Waals surface area contributed by atoms with Gasteiger partial charge in [0.2, 0.25) is 5.89 Å². The molecule has 0 aliphatic carbocycles. The summed E-state index contributed by atoms with van der Waals surface area (Å²) in [7, 11) is 0. The maximum Gasteiger partial charge on any atom is 0.338 e. The highest BCUT2D eigenvalue weighted by molar-refractivity contribution is 6.09. The van der Waals surface area contributed by atoms with Gasteiger partial charge in [-0.25, -0.2) is 9.78 Å². The summed E-state index contributed by atoms with van der Waals surface area (Å²) in [4.78, 5) is 31.9. The van der Waals surface area contributed by atoms with Crippen LogP contribution in [0.15, 0.2) is 71.3 Å². The molecule has 2 heterocycles. The molecule has 0 aliphatic heterocycles. The lowest BCUT2D eigenvalue weighted by Gasteiger charge is -2.07. The van der Waals surface area contributed by atoms with Gasteiger partial charge in [0.05, 0.1) is 5.56 Å². The van der Waals surface area contributed by atoms with Gasteiger partial charge < -0.3 is 14.8 Å². The van der Waals surface area contributed by atoms with Crippen LogP contribution in [-0.2, 0) is 0 Å². The zero-order chi connectivity index (χ0) is 18.8. The number of nitrogens with zero attached hydrogens (tertiary/aromatic N) is 2. The smallest absolute Gasteiger partial charge is 0.338 e. The molecule has 2 aromatic heterocycles. The first-order valence-electron chi connectivity index (χ1n) is 8.07. The number of oxazole rings is 1. The van der Waals surface area contributed by atoms with Crippen LogP contribution in [0.3, 0.4) is 0 Å². The number of fused-ring (bicyclic) bond motifs is 1. The molecular formula is C20H13N3O4. The number of carbonyl (C=O) groups is 2. The van der Waals surface area contributed by atoms with E-state index in [1.165, 1.54) is 18.3 Å². The predicted octanol–water partition coefficient (Wildman–Crippen LogP) is 3.84. The summed E-state index contributed by atoms with van der Waals surface area (Å²) in [6.07, 6.45) is 1.37. The molecule has 4 aromatic rings. The van der Waals surface area contributed by atoms with Gasteiger partial charge in [0.15, 0.2) is 5.58 Å². The van der Waals surface area contributed by atoms with Crippen molar-refractivity contribution in [3.8, 4) is 11.5 Å². The lowest BCUT2D eigenvalue weighted by Crippen LogP contribution is -2.18. The zero-order valence-corrected chi connectivity index (χ0v) is 13.9. The molecule has 27 heavy (non-hydrogen) atoms. The Morgan fingerprint density at radius 1 is 0.963 bits per heavy atom. The predicted molar refractivity (Wildman–Crippen MR) is 98.6 cm³/mol. The number of anilines is 1. The van der Waals surface area contributed by atoms with Crippen LogP contribution in [-0.4, -0.2) is 27.0 Å². The molecule has 0 spiro atoms. The molecule has 0 unspecified atom stereocenters. The molecule has 1 amide bonds. The molecule has 0 aliphatic rings. The van der Waals surface area contributed by atoms with Crippen molar-refractivity contribution in [3.63, 3.8) is 0 Å². The highest BCUT2D eigenvalue weighted by Crippen LogP contribution is 2.25. The van der Waals surface area contributed by atoms with Gasteiger partial charge in [-0.05, 0) is 48.5 Å². The van der Waals surface area contributed by atoms with Crippen molar-refractivity contribution in [1.82, 2.24) is 9.97 Å². The van der Waals surface area contributed by atoms with E-state index < -0.39 is 11.9 Å². The van der Waals surface area contributed by atoms with Gasteiger partial charge in [-0.1, -0.05) is 12.1 Å². The van der Waals surface area contributed by atoms with E-state index in [0.29, 0.717) is 17.2 Å². The number of hydrogen-bond acceptors (Lipinski definition) is 5. The Kier molecular flexibility index (Phi) is 4.10. The van der Waals surface area contributed by atoms with Gasteiger partial charge in [-0.3, -0.25) is 9.78 Å². The molecule has 0 saturated heterocycles. The maximum absolute atomic E-state index is 12.3. The van der Waals surface area contributed by atoms with E-state index in [9.17, 15) is 9.59 Å². The molecule has 0 bridgehead atoms. The van der Waals surface area contributed by atoms with Crippen molar-refractivity contribution < 1.29 is 19.1 Å². The van der Waals surface area contributed by atoms with E-state index in [1.54, 1.807) is 24.3 Å². The highest BCUT2D eigenvalue weighted by Gasteiger charge is 2.17. The number of para-hydroxylation sites is 2. The average molecular weight is 359 g/mol. The summed E-state index contributed by atoms with van der Waals surface area (Å²) < 4.78 is 5.71. The van der Waals surface area contributed by atoms with Gasteiger partial charge in [-0.2, -0.15) is 0 Å². The lowest BCUT2D eigenvalue weighted by molar-refractivity contribution is 0.0691. The molecule has 4 rings (SSSR count). The highest BCUT2D eigenvalue weighted by atomic mass is 16.4. The minimum Gasteiger partial charge on any atom is -0.478 e. The van der Waals surface area contributed by atoms with Crippen molar-refractivity contribution >= 4 is 28.7 Å². The fourth-order valence-corrected chi connectivity index (χ4v) is 2.64. The first-order valence-corrected chi connectivity index (χ1v) is 8.07. The molecule has 0 fully saturated rings. The minimum absolute atomic E-state index is 0.145. The number of hydrogen-bond donors (Lipinski definition) is 2. The Balaban J connectivity index is 1.56. The number of amides is 1. The van der Waals surface area contributed by atoms with Crippen molar-refractivity contribution in [2.75, 3.05) is 5.32 Å². The number of rotatable bonds is 4. The second-order valence-corrected chi connectivity index (χ2v) is 5.72. The van der Waals surface area contributed by atoms with Crippen molar-refractivity contribution in [1.29, 1.82) is 0 Å². The fraction of sp³-hybridized carbons (Fsp3) is 0. The Bertz CT molecular complexity index is 1120. The van der Waals surface area contributed by atoms with E-state index in [0.717, 1.165) is 11.1 Å². The van der Waals surface area contributed by atoms with Gasteiger partial charge in [-0.15, -0.1) is 0 Å². The van der Waals surface area contributed by atoms with Crippen LogP contribution in [0.5, 0.6) is 0 Å². The Hall–Kier alpha value is -4.00. The quantitative estimate of drug-likeness (QED) is 0.573. The van der Waals surface area contributed by atoms with Crippen LogP contribution in [0.1, 0.15) is 20.8 Å². The van der Waals surface area contributed by atoms with Gasteiger partial charge in [0, 0.05) is 17.4 Å². The van der Waals surface area contributed by atoms with E-state index in [4.69, 9.17) is 9.52 Å². The Morgan fingerprint density at radius 3 is 2.48 bits per heavy atom. The Labute approximate surface area is 153 Å². The fourth-order valence-electron chi connectivity index (χ4n) is 2.64. The maximum atomic E-state index is 12.3. The number of benzene rings is 2. The topological polar surface area (TPSA) is 105 Å². The van der Waals surface area contributed by atoms with Crippen LogP contribution >= 0.6 is 0 Å². The number of pyridine rings is 1. The third-order valence-electron chi connectivity index (χ3n) is 3.94. The van der Waals surface area contributed by atoms with Crippen molar-refractivity contribution in [2.24, 2.45) is 0 Å².